The SMILES string of the molecule is N#Cc1cc(NCc2cc(Br)cs2)ccc1[N+](=O)[O-]. The van der Waals surface area contributed by atoms with Crippen LogP contribution < -0.4 is 5.32 Å². The third-order valence-corrected chi connectivity index (χ3v) is 4.10. The molecule has 0 unspecified atom stereocenters. The lowest BCUT2D eigenvalue weighted by atomic mass is 10.2. The Kier molecular flexibility index (Phi) is 4.14. The zero-order valence-corrected chi connectivity index (χ0v) is 12.0. The Morgan fingerprint density at radius 3 is 2.84 bits per heavy atom. The number of hydrogen-bond donors (Lipinski definition) is 1. The van der Waals surface area contributed by atoms with Crippen LogP contribution in [0.5, 0.6) is 0 Å². The average Bonchev–Trinajstić information content (AvgIpc) is 2.81. The number of anilines is 1. The highest BCUT2D eigenvalue weighted by Gasteiger charge is 2.13. The summed E-state index contributed by atoms with van der Waals surface area (Å²) < 4.78 is 1.02. The Morgan fingerprint density at radius 1 is 1.47 bits per heavy atom. The highest BCUT2D eigenvalue weighted by molar-refractivity contribution is 9.10. The predicted molar refractivity (Wildman–Crippen MR) is 77.2 cm³/mol. The minimum absolute atomic E-state index is 0.0577. The Balaban J connectivity index is 2.14. The normalized spacial score (nSPS) is 9.89. The van der Waals surface area contributed by atoms with Gasteiger partial charge in [-0.1, -0.05) is 0 Å². The minimum Gasteiger partial charge on any atom is -0.380 e. The first-order valence-corrected chi connectivity index (χ1v) is 6.92. The van der Waals surface area contributed by atoms with Crippen LogP contribution in [-0.4, -0.2) is 4.92 Å². The zero-order valence-electron chi connectivity index (χ0n) is 9.59. The molecule has 0 bridgehead atoms. The van der Waals surface area contributed by atoms with Crippen molar-refractivity contribution in [3.05, 3.63) is 54.7 Å². The predicted octanol–water partition coefficient (Wildman–Crippen LogP) is 3.90. The van der Waals surface area contributed by atoms with E-state index in [0.717, 1.165) is 9.35 Å². The number of nitrogens with zero attached hydrogens (tertiary/aromatic N) is 2. The topological polar surface area (TPSA) is 79.0 Å². The van der Waals surface area contributed by atoms with Crippen LogP contribution in [0.15, 0.2) is 34.1 Å². The van der Waals surface area contributed by atoms with Crippen molar-refractivity contribution in [3.63, 3.8) is 0 Å². The van der Waals surface area contributed by atoms with E-state index in [4.69, 9.17) is 5.26 Å². The summed E-state index contributed by atoms with van der Waals surface area (Å²) in [5.41, 5.74) is 0.570. The minimum atomic E-state index is -0.557. The largest absolute Gasteiger partial charge is 0.380 e. The lowest BCUT2D eigenvalue weighted by Crippen LogP contribution is -1.99. The van der Waals surface area contributed by atoms with Crippen LogP contribution in [0.2, 0.25) is 0 Å². The van der Waals surface area contributed by atoms with Gasteiger partial charge in [0.25, 0.3) is 5.69 Å². The third-order valence-electron chi connectivity index (χ3n) is 2.40. The van der Waals surface area contributed by atoms with Gasteiger partial charge in [-0.25, -0.2) is 0 Å². The first kappa shape index (κ1) is 13.5. The van der Waals surface area contributed by atoms with E-state index in [1.807, 2.05) is 17.5 Å². The fraction of sp³-hybridized carbons (Fsp3) is 0.0833. The molecule has 96 valence electrons. The number of nitro groups is 1. The second-order valence-corrected chi connectivity index (χ2v) is 5.60. The van der Waals surface area contributed by atoms with Crippen LogP contribution in [-0.2, 0) is 6.54 Å². The zero-order chi connectivity index (χ0) is 13.8. The maximum Gasteiger partial charge on any atom is 0.287 e. The Bertz CT molecular complexity index is 663. The summed E-state index contributed by atoms with van der Waals surface area (Å²) in [7, 11) is 0. The number of nitrogens with one attached hydrogen (secondary N) is 1. The van der Waals surface area contributed by atoms with Crippen molar-refractivity contribution in [2.75, 3.05) is 5.32 Å². The first-order chi connectivity index (χ1) is 9.10. The van der Waals surface area contributed by atoms with E-state index in [1.54, 1.807) is 17.4 Å². The van der Waals surface area contributed by atoms with Crippen molar-refractivity contribution in [1.82, 2.24) is 0 Å². The second kappa shape index (κ2) is 5.82. The molecular formula is C12H8BrN3O2S. The van der Waals surface area contributed by atoms with Gasteiger partial charge in [0.15, 0.2) is 0 Å². The molecule has 0 amide bonds. The lowest BCUT2D eigenvalue weighted by molar-refractivity contribution is -0.385. The number of halogens is 1. The van der Waals surface area contributed by atoms with Gasteiger partial charge < -0.3 is 5.32 Å². The van der Waals surface area contributed by atoms with Gasteiger partial charge in [0.1, 0.15) is 11.6 Å². The molecule has 0 atom stereocenters. The van der Waals surface area contributed by atoms with Gasteiger partial charge in [0.2, 0.25) is 0 Å². The van der Waals surface area contributed by atoms with Gasteiger partial charge in [0, 0.05) is 33.0 Å². The number of rotatable bonds is 4. The molecule has 0 aliphatic heterocycles. The van der Waals surface area contributed by atoms with Crippen molar-refractivity contribution in [1.29, 1.82) is 5.26 Å². The van der Waals surface area contributed by atoms with Crippen LogP contribution >= 0.6 is 27.3 Å². The molecule has 19 heavy (non-hydrogen) atoms. The molecule has 1 aromatic carbocycles. The summed E-state index contributed by atoms with van der Waals surface area (Å²) in [5.74, 6) is 0. The summed E-state index contributed by atoms with van der Waals surface area (Å²) in [6.45, 7) is 0.610. The summed E-state index contributed by atoms with van der Waals surface area (Å²) in [4.78, 5) is 11.3. The Hall–Kier alpha value is -1.91. The van der Waals surface area contributed by atoms with Crippen molar-refractivity contribution in [2.24, 2.45) is 0 Å². The van der Waals surface area contributed by atoms with Gasteiger partial charge in [-0.2, -0.15) is 5.26 Å². The third kappa shape index (κ3) is 3.30. The summed E-state index contributed by atoms with van der Waals surface area (Å²) in [6, 6.07) is 8.25. The monoisotopic (exact) mass is 337 g/mol. The van der Waals surface area contributed by atoms with Gasteiger partial charge >= 0.3 is 0 Å². The van der Waals surface area contributed by atoms with E-state index >= 15 is 0 Å². The standard InChI is InChI=1S/C12H8BrN3O2S/c13-9-4-11(19-7-9)6-15-10-1-2-12(16(17)18)8(3-10)5-14/h1-4,7,15H,6H2. The van der Waals surface area contributed by atoms with E-state index in [-0.39, 0.29) is 11.3 Å². The van der Waals surface area contributed by atoms with Gasteiger partial charge in [-0.3, -0.25) is 10.1 Å². The number of nitriles is 1. The molecule has 1 aromatic heterocycles. The van der Waals surface area contributed by atoms with E-state index < -0.39 is 4.92 Å². The molecule has 2 rings (SSSR count). The highest BCUT2D eigenvalue weighted by Crippen LogP contribution is 2.24. The van der Waals surface area contributed by atoms with Crippen LogP contribution in [0.1, 0.15) is 10.4 Å². The van der Waals surface area contributed by atoms with E-state index in [2.05, 4.69) is 21.2 Å². The molecule has 0 aliphatic carbocycles. The van der Waals surface area contributed by atoms with Crippen LogP contribution in [0.25, 0.3) is 0 Å². The maximum absolute atomic E-state index is 10.7. The Labute approximate surface area is 121 Å². The smallest absolute Gasteiger partial charge is 0.287 e. The van der Waals surface area contributed by atoms with Crippen LogP contribution in [0.3, 0.4) is 0 Å². The lowest BCUT2D eigenvalue weighted by Gasteiger charge is -2.05. The Morgan fingerprint density at radius 2 is 2.26 bits per heavy atom. The van der Waals surface area contributed by atoms with Gasteiger partial charge in [-0.15, -0.1) is 11.3 Å². The molecule has 0 aliphatic rings. The fourth-order valence-corrected chi connectivity index (χ4v) is 2.92. The number of thiophene rings is 1. The van der Waals surface area contributed by atoms with Crippen molar-refractivity contribution in [2.45, 2.75) is 6.54 Å². The first-order valence-electron chi connectivity index (χ1n) is 5.25. The molecular weight excluding hydrogens is 330 g/mol. The molecule has 0 radical (unpaired) electrons. The molecule has 2 aromatic rings. The summed E-state index contributed by atoms with van der Waals surface area (Å²) in [5, 5.41) is 24.7. The van der Waals surface area contributed by atoms with Crippen molar-refractivity contribution < 1.29 is 4.92 Å². The van der Waals surface area contributed by atoms with E-state index in [1.165, 1.54) is 12.1 Å². The van der Waals surface area contributed by atoms with Crippen LogP contribution in [0, 0.1) is 21.4 Å². The molecule has 7 heteroatoms. The molecule has 0 saturated heterocycles. The number of nitro benzene ring substituents is 1. The second-order valence-electron chi connectivity index (χ2n) is 3.69. The van der Waals surface area contributed by atoms with Gasteiger partial charge in [0.05, 0.1) is 4.92 Å². The van der Waals surface area contributed by atoms with Gasteiger partial charge in [-0.05, 0) is 34.1 Å². The quantitative estimate of drug-likeness (QED) is 0.677. The van der Waals surface area contributed by atoms with E-state index in [0.29, 0.717) is 12.2 Å². The van der Waals surface area contributed by atoms with Crippen molar-refractivity contribution >= 4 is 38.6 Å². The summed E-state index contributed by atoms with van der Waals surface area (Å²) in [6.07, 6.45) is 0. The maximum atomic E-state index is 10.7. The molecule has 0 fully saturated rings. The summed E-state index contributed by atoms with van der Waals surface area (Å²) >= 11 is 4.98. The number of benzene rings is 1. The molecule has 5 nitrogen and oxygen atoms in total. The highest BCUT2D eigenvalue weighted by atomic mass is 79.9. The average molecular weight is 338 g/mol. The molecule has 0 saturated carbocycles. The molecule has 1 heterocycles. The molecule has 0 spiro atoms. The van der Waals surface area contributed by atoms with Crippen LogP contribution in [0.4, 0.5) is 11.4 Å². The van der Waals surface area contributed by atoms with E-state index in [9.17, 15) is 10.1 Å². The van der Waals surface area contributed by atoms with Crippen molar-refractivity contribution in [3.8, 4) is 6.07 Å². The number of hydrogen-bond acceptors (Lipinski definition) is 5. The molecule has 1 N–H and O–H groups in total. The fourth-order valence-electron chi connectivity index (χ4n) is 1.53.